The van der Waals surface area contributed by atoms with Gasteiger partial charge in [-0.2, -0.15) is 5.26 Å². The van der Waals surface area contributed by atoms with Crippen LogP contribution in [0.25, 0.3) is 0 Å². The molecule has 1 atom stereocenters. The summed E-state index contributed by atoms with van der Waals surface area (Å²) in [6.07, 6.45) is 5.18. The molecule has 0 N–H and O–H groups in total. The molecule has 0 amide bonds. The maximum Gasteiger partial charge on any atom is 0.134 e. The first-order valence-electron chi connectivity index (χ1n) is 8.94. The molecule has 0 fully saturated rings. The lowest BCUT2D eigenvalue weighted by Crippen LogP contribution is -2.26. The third kappa shape index (κ3) is 3.30. The molecule has 3 nitrogen and oxygen atoms in total. The van der Waals surface area contributed by atoms with Gasteiger partial charge in [0, 0.05) is 35.1 Å². The van der Waals surface area contributed by atoms with Crippen molar-refractivity contribution in [3.8, 4) is 6.07 Å². The van der Waals surface area contributed by atoms with Crippen LogP contribution < -0.4 is 0 Å². The fourth-order valence-corrected chi connectivity index (χ4v) is 4.88. The van der Waals surface area contributed by atoms with E-state index >= 15 is 0 Å². The molecule has 0 aromatic carbocycles. The number of rotatable bonds is 2. The van der Waals surface area contributed by atoms with Crippen LogP contribution >= 0.6 is 11.3 Å². The fourth-order valence-electron chi connectivity index (χ4n) is 3.66. The lowest BCUT2D eigenvalue weighted by molar-refractivity contribution is 0.218. The average molecular weight is 354 g/mol. The summed E-state index contributed by atoms with van der Waals surface area (Å²) in [6, 6.07) is 4.56. The SMILES string of the molecule is Cc1cc(C=Nc2sc3c(c2C#N)CC[C@H](C(C)(C)C)C3)c(C)n1C. The van der Waals surface area contributed by atoms with Crippen LogP contribution in [-0.4, -0.2) is 10.8 Å². The Balaban J connectivity index is 1.94. The van der Waals surface area contributed by atoms with Gasteiger partial charge in [-0.15, -0.1) is 11.3 Å². The van der Waals surface area contributed by atoms with Crippen LogP contribution in [0.2, 0.25) is 0 Å². The van der Waals surface area contributed by atoms with Gasteiger partial charge >= 0.3 is 0 Å². The van der Waals surface area contributed by atoms with Gasteiger partial charge in [-0.25, -0.2) is 4.99 Å². The first-order chi connectivity index (χ1) is 11.7. The van der Waals surface area contributed by atoms with Crippen LogP contribution in [0.4, 0.5) is 5.00 Å². The van der Waals surface area contributed by atoms with Gasteiger partial charge in [-0.1, -0.05) is 20.8 Å². The predicted octanol–water partition coefficient (Wildman–Crippen LogP) is 5.48. The lowest BCUT2D eigenvalue weighted by atomic mass is 9.72. The Hall–Kier alpha value is -1.86. The van der Waals surface area contributed by atoms with Crippen molar-refractivity contribution in [2.24, 2.45) is 23.4 Å². The second-order valence-corrected chi connectivity index (χ2v) is 9.33. The Kier molecular flexibility index (Phi) is 4.64. The summed E-state index contributed by atoms with van der Waals surface area (Å²) < 4.78 is 2.17. The Morgan fingerprint density at radius 2 is 2.08 bits per heavy atom. The minimum absolute atomic E-state index is 0.316. The van der Waals surface area contributed by atoms with Crippen LogP contribution in [0.5, 0.6) is 0 Å². The number of hydrogen-bond donors (Lipinski definition) is 0. The molecule has 3 rings (SSSR count). The van der Waals surface area contributed by atoms with E-state index in [2.05, 4.69) is 58.4 Å². The number of nitriles is 1. The van der Waals surface area contributed by atoms with Gasteiger partial charge in [-0.05, 0) is 56.1 Å². The normalized spacial score (nSPS) is 17.7. The van der Waals surface area contributed by atoms with Gasteiger partial charge in [0.05, 0.1) is 5.56 Å². The molecule has 0 bridgehead atoms. The first-order valence-corrected chi connectivity index (χ1v) is 9.75. The van der Waals surface area contributed by atoms with Crippen molar-refractivity contribution >= 4 is 22.6 Å². The van der Waals surface area contributed by atoms with Crippen molar-refractivity contribution in [1.29, 1.82) is 5.26 Å². The highest BCUT2D eigenvalue weighted by Crippen LogP contribution is 2.44. The molecule has 0 radical (unpaired) electrons. The van der Waals surface area contributed by atoms with Crippen LogP contribution in [0.1, 0.15) is 60.1 Å². The molecule has 4 heteroatoms. The number of aliphatic imine (C=N–C) groups is 1. The van der Waals surface area contributed by atoms with E-state index in [0.717, 1.165) is 29.0 Å². The lowest BCUT2D eigenvalue weighted by Gasteiger charge is -2.33. The van der Waals surface area contributed by atoms with E-state index < -0.39 is 0 Å². The summed E-state index contributed by atoms with van der Waals surface area (Å²) in [5.74, 6) is 0.682. The fraction of sp³-hybridized carbons (Fsp3) is 0.524. The summed E-state index contributed by atoms with van der Waals surface area (Å²) in [6.45, 7) is 11.2. The van der Waals surface area contributed by atoms with Gasteiger partial charge in [0.15, 0.2) is 0 Å². The third-order valence-electron chi connectivity index (χ3n) is 5.72. The molecular weight excluding hydrogens is 326 g/mol. The number of hydrogen-bond acceptors (Lipinski definition) is 3. The Labute approximate surface area is 155 Å². The maximum absolute atomic E-state index is 9.67. The number of thiophene rings is 1. The van der Waals surface area contributed by atoms with Gasteiger partial charge in [0.25, 0.3) is 0 Å². The summed E-state index contributed by atoms with van der Waals surface area (Å²) in [4.78, 5) is 6.08. The Morgan fingerprint density at radius 1 is 1.36 bits per heavy atom. The highest BCUT2D eigenvalue weighted by molar-refractivity contribution is 7.16. The van der Waals surface area contributed by atoms with Gasteiger partial charge in [0.1, 0.15) is 11.1 Å². The number of aromatic nitrogens is 1. The van der Waals surface area contributed by atoms with Gasteiger partial charge in [0.2, 0.25) is 0 Å². The van der Waals surface area contributed by atoms with E-state index in [0.29, 0.717) is 11.3 Å². The molecule has 1 aliphatic carbocycles. The highest BCUT2D eigenvalue weighted by atomic mass is 32.1. The molecule has 0 saturated heterocycles. The molecule has 2 aromatic heterocycles. The van der Waals surface area contributed by atoms with Crippen molar-refractivity contribution in [1.82, 2.24) is 4.57 Å². The highest BCUT2D eigenvalue weighted by Gasteiger charge is 2.32. The molecule has 1 aliphatic rings. The van der Waals surface area contributed by atoms with Crippen LogP contribution in [0.3, 0.4) is 0 Å². The summed E-state index contributed by atoms with van der Waals surface area (Å²) in [5.41, 5.74) is 5.92. The topological polar surface area (TPSA) is 41.1 Å². The average Bonchev–Trinajstić information content (AvgIpc) is 3.03. The largest absolute Gasteiger partial charge is 0.352 e. The zero-order valence-electron chi connectivity index (χ0n) is 16.1. The summed E-state index contributed by atoms with van der Waals surface area (Å²) in [7, 11) is 2.07. The van der Waals surface area contributed by atoms with Crippen LogP contribution in [0, 0.1) is 36.5 Å². The molecule has 2 aromatic rings. The molecule has 2 heterocycles. The first kappa shape index (κ1) is 17.9. The molecule has 0 spiro atoms. The van der Waals surface area contributed by atoms with Crippen molar-refractivity contribution < 1.29 is 0 Å². The van der Waals surface area contributed by atoms with Crippen LogP contribution in [0.15, 0.2) is 11.1 Å². The van der Waals surface area contributed by atoms with Crippen molar-refractivity contribution in [3.05, 3.63) is 39.0 Å². The quantitative estimate of drug-likeness (QED) is 0.659. The van der Waals surface area contributed by atoms with Crippen molar-refractivity contribution in [2.75, 3.05) is 0 Å². The maximum atomic E-state index is 9.67. The molecule has 25 heavy (non-hydrogen) atoms. The zero-order valence-corrected chi connectivity index (χ0v) is 16.9. The smallest absolute Gasteiger partial charge is 0.134 e. The summed E-state index contributed by atoms with van der Waals surface area (Å²) >= 11 is 1.72. The molecule has 0 aliphatic heterocycles. The summed E-state index contributed by atoms with van der Waals surface area (Å²) in [5, 5.41) is 10.5. The van der Waals surface area contributed by atoms with E-state index in [4.69, 9.17) is 4.99 Å². The molecular formula is C21H27N3S. The van der Waals surface area contributed by atoms with Gasteiger partial charge < -0.3 is 4.57 Å². The third-order valence-corrected chi connectivity index (χ3v) is 6.88. The number of aryl methyl sites for hydroxylation is 1. The van der Waals surface area contributed by atoms with E-state index in [-0.39, 0.29) is 0 Å². The Morgan fingerprint density at radius 3 is 2.64 bits per heavy atom. The second kappa shape index (κ2) is 6.46. The van der Waals surface area contributed by atoms with E-state index in [1.165, 1.54) is 28.2 Å². The van der Waals surface area contributed by atoms with Crippen molar-refractivity contribution in [3.63, 3.8) is 0 Å². The van der Waals surface area contributed by atoms with E-state index in [9.17, 15) is 5.26 Å². The number of nitrogens with zero attached hydrogens (tertiary/aromatic N) is 3. The zero-order chi connectivity index (χ0) is 18.4. The Bertz CT molecular complexity index is 869. The minimum atomic E-state index is 0.316. The molecule has 132 valence electrons. The van der Waals surface area contributed by atoms with E-state index in [1.807, 2.05) is 6.21 Å². The van der Waals surface area contributed by atoms with Crippen LogP contribution in [-0.2, 0) is 19.9 Å². The number of fused-ring (bicyclic) bond motifs is 1. The monoisotopic (exact) mass is 353 g/mol. The standard InChI is InChI=1S/C21H27N3S/c1-13-9-15(14(2)24(13)6)12-23-20-18(11-22)17-8-7-16(21(3,4)5)10-19(17)25-20/h9,12,16H,7-8,10H2,1-6H3/t16-/m0/s1. The molecule has 0 saturated carbocycles. The van der Waals surface area contributed by atoms with Gasteiger partial charge in [-0.3, -0.25) is 0 Å². The second-order valence-electron chi connectivity index (χ2n) is 8.25. The van der Waals surface area contributed by atoms with Crippen molar-refractivity contribution in [2.45, 2.75) is 53.9 Å². The predicted molar refractivity (Wildman–Crippen MR) is 106 cm³/mol. The molecule has 0 unspecified atom stereocenters. The minimum Gasteiger partial charge on any atom is -0.352 e. The van der Waals surface area contributed by atoms with E-state index in [1.54, 1.807) is 11.3 Å².